The fourth-order valence-corrected chi connectivity index (χ4v) is 1.67. The third-order valence-electron chi connectivity index (χ3n) is 2.53. The summed E-state index contributed by atoms with van der Waals surface area (Å²) >= 11 is 0. The number of hydrogen-bond donors (Lipinski definition) is 2. The number of aryl methyl sites for hydroxylation is 1. The van der Waals surface area contributed by atoms with Crippen LogP contribution in [0.5, 0.6) is 0 Å². The maximum atomic E-state index is 11.5. The minimum Gasteiger partial charge on any atom is -0.481 e. The average Bonchev–Trinajstić information content (AvgIpc) is 2.75. The Balaban J connectivity index is 2.08. The molecule has 1 amide bonds. The van der Waals surface area contributed by atoms with Crippen LogP contribution < -0.4 is 5.32 Å². The topological polar surface area (TPSA) is 84.2 Å². The Kier molecular flexibility index (Phi) is 5.90. The van der Waals surface area contributed by atoms with Crippen LogP contribution in [0, 0.1) is 5.92 Å². The Hall–Kier alpha value is -1.85. The molecule has 0 saturated heterocycles. The second-order valence-electron chi connectivity index (χ2n) is 4.41. The number of carboxylic acids is 1. The van der Waals surface area contributed by atoms with Crippen LogP contribution in [-0.4, -0.2) is 33.1 Å². The van der Waals surface area contributed by atoms with Crippen LogP contribution in [-0.2, 0) is 16.1 Å². The summed E-state index contributed by atoms with van der Waals surface area (Å²) in [6.45, 7) is 3.17. The molecule has 0 aliphatic carbocycles. The van der Waals surface area contributed by atoms with Gasteiger partial charge in [-0.3, -0.25) is 9.59 Å². The molecule has 0 aliphatic rings. The molecule has 0 aliphatic heterocycles. The summed E-state index contributed by atoms with van der Waals surface area (Å²) in [7, 11) is 0. The molecule has 0 saturated carbocycles. The van der Waals surface area contributed by atoms with E-state index in [-0.39, 0.29) is 24.7 Å². The van der Waals surface area contributed by atoms with Gasteiger partial charge >= 0.3 is 5.97 Å². The number of amides is 1. The molecular formula is C12H19N3O3. The van der Waals surface area contributed by atoms with E-state index in [0.29, 0.717) is 6.54 Å². The van der Waals surface area contributed by atoms with Gasteiger partial charge in [0, 0.05) is 38.3 Å². The predicted molar refractivity (Wildman–Crippen MR) is 65.9 cm³/mol. The molecule has 0 aromatic carbocycles. The molecule has 1 heterocycles. The van der Waals surface area contributed by atoms with Crippen molar-refractivity contribution in [1.29, 1.82) is 0 Å². The van der Waals surface area contributed by atoms with Gasteiger partial charge in [0.2, 0.25) is 5.91 Å². The molecule has 0 unspecified atom stereocenters. The van der Waals surface area contributed by atoms with E-state index in [1.54, 1.807) is 19.4 Å². The third-order valence-corrected chi connectivity index (χ3v) is 2.53. The molecule has 0 fully saturated rings. The fraction of sp³-hybridized carbons (Fsp3) is 0.583. The lowest BCUT2D eigenvalue weighted by Crippen LogP contribution is -2.27. The maximum absolute atomic E-state index is 11.5. The number of hydrogen-bond acceptors (Lipinski definition) is 3. The van der Waals surface area contributed by atoms with Crippen LogP contribution in [0.2, 0.25) is 0 Å². The van der Waals surface area contributed by atoms with Crippen LogP contribution in [0.3, 0.4) is 0 Å². The van der Waals surface area contributed by atoms with Gasteiger partial charge in [0.05, 0.1) is 6.33 Å². The lowest BCUT2D eigenvalue weighted by molar-refractivity contribution is -0.138. The first kappa shape index (κ1) is 14.2. The number of nitrogens with one attached hydrogen (secondary N) is 1. The van der Waals surface area contributed by atoms with Gasteiger partial charge in [-0.15, -0.1) is 0 Å². The minimum atomic E-state index is -0.865. The predicted octanol–water partition coefficient (Wildman–Crippen LogP) is 0.890. The van der Waals surface area contributed by atoms with Crippen molar-refractivity contribution in [2.24, 2.45) is 5.92 Å². The Morgan fingerprint density at radius 1 is 1.44 bits per heavy atom. The van der Waals surface area contributed by atoms with Gasteiger partial charge in [0.15, 0.2) is 0 Å². The molecule has 100 valence electrons. The van der Waals surface area contributed by atoms with E-state index in [9.17, 15) is 9.59 Å². The number of aromatic nitrogens is 2. The molecule has 6 nitrogen and oxygen atoms in total. The normalized spacial score (nSPS) is 12.1. The highest BCUT2D eigenvalue weighted by molar-refractivity contribution is 5.77. The Morgan fingerprint density at radius 3 is 2.83 bits per heavy atom. The Morgan fingerprint density at radius 2 is 2.22 bits per heavy atom. The number of carboxylic acid groups (broad SMARTS) is 1. The number of aliphatic carboxylic acids is 1. The molecule has 6 heteroatoms. The van der Waals surface area contributed by atoms with Gasteiger partial charge in [0.25, 0.3) is 0 Å². The van der Waals surface area contributed by atoms with Crippen LogP contribution in [0.4, 0.5) is 0 Å². The molecule has 1 rings (SSSR count). The van der Waals surface area contributed by atoms with Crippen molar-refractivity contribution in [1.82, 2.24) is 14.9 Å². The van der Waals surface area contributed by atoms with E-state index >= 15 is 0 Å². The van der Waals surface area contributed by atoms with Crippen molar-refractivity contribution < 1.29 is 14.7 Å². The summed E-state index contributed by atoms with van der Waals surface area (Å²) in [4.78, 5) is 25.8. The molecule has 18 heavy (non-hydrogen) atoms. The lowest BCUT2D eigenvalue weighted by atomic mass is 10.0. The highest BCUT2D eigenvalue weighted by atomic mass is 16.4. The number of carbonyl (C=O) groups excluding carboxylic acids is 1. The van der Waals surface area contributed by atoms with Gasteiger partial charge in [0.1, 0.15) is 0 Å². The zero-order chi connectivity index (χ0) is 13.4. The van der Waals surface area contributed by atoms with Crippen molar-refractivity contribution in [3.8, 4) is 0 Å². The van der Waals surface area contributed by atoms with E-state index in [2.05, 4.69) is 10.3 Å². The second kappa shape index (κ2) is 7.47. The summed E-state index contributed by atoms with van der Waals surface area (Å²) in [5, 5.41) is 11.4. The van der Waals surface area contributed by atoms with E-state index in [1.807, 2.05) is 10.8 Å². The van der Waals surface area contributed by atoms with E-state index < -0.39 is 5.97 Å². The summed E-state index contributed by atoms with van der Waals surface area (Å²) in [5.74, 6) is -1.08. The quantitative estimate of drug-likeness (QED) is 0.674. The van der Waals surface area contributed by atoms with Gasteiger partial charge in [-0.2, -0.15) is 0 Å². The second-order valence-corrected chi connectivity index (χ2v) is 4.41. The van der Waals surface area contributed by atoms with Crippen LogP contribution in [0.25, 0.3) is 0 Å². The van der Waals surface area contributed by atoms with Crippen molar-refractivity contribution in [2.45, 2.75) is 32.7 Å². The van der Waals surface area contributed by atoms with Gasteiger partial charge in [-0.05, 0) is 12.3 Å². The molecule has 1 aromatic rings. The number of nitrogens with zero attached hydrogens (tertiary/aromatic N) is 2. The standard InChI is InChI=1S/C12H19N3O3/c1-10(8-12(17)18)7-11(16)14-3-2-5-15-6-4-13-9-15/h4,6,9-10H,2-3,5,7-8H2,1H3,(H,14,16)(H,17,18)/t10-/m1/s1. The first-order chi connectivity index (χ1) is 8.58. The number of imidazole rings is 1. The van der Waals surface area contributed by atoms with Crippen molar-refractivity contribution in [3.05, 3.63) is 18.7 Å². The molecule has 0 spiro atoms. The molecule has 0 bridgehead atoms. The summed E-state index contributed by atoms with van der Waals surface area (Å²) in [6.07, 6.45) is 6.44. The maximum Gasteiger partial charge on any atom is 0.303 e. The summed E-state index contributed by atoms with van der Waals surface area (Å²) in [6, 6.07) is 0. The van der Waals surface area contributed by atoms with Gasteiger partial charge in [-0.25, -0.2) is 4.98 Å². The summed E-state index contributed by atoms with van der Waals surface area (Å²) < 4.78 is 1.94. The first-order valence-electron chi connectivity index (χ1n) is 6.02. The Labute approximate surface area is 106 Å². The van der Waals surface area contributed by atoms with Crippen LogP contribution in [0.1, 0.15) is 26.2 Å². The largest absolute Gasteiger partial charge is 0.481 e. The molecule has 1 aromatic heterocycles. The number of rotatable bonds is 8. The fourth-order valence-electron chi connectivity index (χ4n) is 1.67. The average molecular weight is 253 g/mol. The minimum absolute atomic E-state index is 0.0302. The SMILES string of the molecule is C[C@@H](CC(=O)O)CC(=O)NCCCn1ccnc1. The molecule has 0 radical (unpaired) electrons. The van der Waals surface area contributed by atoms with Gasteiger partial charge < -0.3 is 15.0 Å². The van der Waals surface area contributed by atoms with Crippen LogP contribution in [0.15, 0.2) is 18.7 Å². The van der Waals surface area contributed by atoms with E-state index in [4.69, 9.17) is 5.11 Å². The zero-order valence-electron chi connectivity index (χ0n) is 10.5. The van der Waals surface area contributed by atoms with E-state index in [1.165, 1.54) is 0 Å². The van der Waals surface area contributed by atoms with Crippen LogP contribution >= 0.6 is 0 Å². The lowest BCUT2D eigenvalue weighted by Gasteiger charge is -2.09. The van der Waals surface area contributed by atoms with Gasteiger partial charge in [-0.1, -0.05) is 6.92 Å². The van der Waals surface area contributed by atoms with Crippen molar-refractivity contribution in [2.75, 3.05) is 6.54 Å². The zero-order valence-corrected chi connectivity index (χ0v) is 10.5. The van der Waals surface area contributed by atoms with E-state index in [0.717, 1.165) is 13.0 Å². The smallest absolute Gasteiger partial charge is 0.303 e. The highest BCUT2D eigenvalue weighted by Crippen LogP contribution is 2.06. The Bertz CT molecular complexity index is 376. The first-order valence-corrected chi connectivity index (χ1v) is 6.02. The highest BCUT2D eigenvalue weighted by Gasteiger charge is 2.11. The molecular weight excluding hydrogens is 234 g/mol. The monoisotopic (exact) mass is 253 g/mol. The summed E-state index contributed by atoms with van der Waals surface area (Å²) in [5.41, 5.74) is 0. The number of carbonyl (C=O) groups is 2. The molecule has 2 N–H and O–H groups in total. The molecule has 1 atom stereocenters. The van der Waals surface area contributed by atoms with Crippen molar-refractivity contribution in [3.63, 3.8) is 0 Å². The third kappa shape index (κ3) is 6.03. The van der Waals surface area contributed by atoms with Crippen molar-refractivity contribution >= 4 is 11.9 Å².